The second-order valence-corrected chi connectivity index (χ2v) is 9.04. The van der Waals surface area contributed by atoms with Crippen molar-refractivity contribution < 1.29 is 22.7 Å². The van der Waals surface area contributed by atoms with Gasteiger partial charge in [-0.05, 0) is 48.4 Å². The number of amides is 1. The number of anilines is 1. The molecule has 2 N–H and O–H groups in total. The Hall–Kier alpha value is -2.61. The predicted molar refractivity (Wildman–Crippen MR) is 128 cm³/mol. The van der Waals surface area contributed by atoms with Gasteiger partial charge in [-0.3, -0.25) is 4.79 Å². The van der Waals surface area contributed by atoms with Gasteiger partial charge in [-0.25, -0.2) is 0 Å². The molecule has 0 bridgehead atoms. The van der Waals surface area contributed by atoms with E-state index in [0.717, 1.165) is 29.9 Å². The topological polar surface area (TPSA) is 50.4 Å². The Labute approximate surface area is 197 Å². The minimum absolute atomic E-state index is 0.270. The molecule has 3 rings (SSSR count). The van der Waals surface area contributed by atoms with Gasteiger partial charge in [0.05, 0.1) is 17.1 Å². The van der Waals surface area contributed by atoms with Crippen molar-refractivity contribution in [3.8, 4) is 5.75 Å². The zero-order valence-electron chi connectivity index (χ0n) is 18.6. The molecule has 1 fully saturated rings. The first-order valence-electron chi connectivity index (χ1n) is 11.2. The lowest BCUT2D eigenvalue weighted by molar-refractivity contribution is -0.137. The maximum atomic E-state index is 12.9. The third-order valence-corrected chi connectivity index (χ3v) is 6.19. The Balaban J connectivity index is 1.49. The smallest absolute Gasteiger partial charge is 0.416 e. The number of benzene rings is 2. The standard InChI is InChI=1S/C25H29F3N2O2S/c1-2-3-4-5-6-7-15-32-21-13-11-18(12-14-21)16-22-23(31)30-24(33-22)29-20-10-8-9-19(17-20)25(26,27)28/h8-14,16-17,24,29H,2-7,15H2,1H3,(H,30,31)/b22-16-/t24-/m0/s1. The lowest BCUT2D eigenvalue weighted by atomic mass is 10.1. The summed E-state index contributed by atoms with van der Waals surface area (Å²) in [5, 5.41) is 5.66. The second kappa shape index (κ2) is 12.0. The number of hydrogen-bond donors (Lipinski definition) is 2. The number of thioether (sulfide) groups is 1. The molecule has 33 heavy (non-hydrogen) atoms. The van der Waals surface area contributed by atoms with Crippen molar-refractivity contribution in [2.45, 2.75) is 57.1 Å². The normalized spacial score (nSPS) is 17.3. The SMILES string of the molecule is CCCCCCCCOc1ccc(/C=C2\S[C@@H](Nc3cccc(C(F)(F)F)c3)NC2=O)cc1. The Kier molecular flexibility index (Phi) is 9.11. The largest absolute Gasteiger partial charge is 0.494 e. The van der Waals surface area contributed by atoms with Crippen LogP contribution in [-0.2, 0) is 11.0 Å². The highest BCUT2D eigenvalue weighted by molar-refractivity contribution is 8.05. The average molecular weight is 479 g/mol. The number of rotatable bonds is 11. The third-order valence-electron chi connectivity index (χ3n) is 5.16. The Morgan fingerprint density at radius 2 is 1.79 bits per heavy atom. The summed E-state index contributed by atoms with van der Waals surface area (Å²) >= 11 is 1.23. The molecule has 0 unspecified atom stereocenters. The molecule has 0 radical (unpaired) electrons. The molecule has 0 saturated carbocycles. The van der Waals surface area contributed by atoms with Gasteiger partial charge in [-0.15, -0.1) is 0 Å². The van der Waals surface area contributed by atoms with E-state index in [-0.39, 0.29) is 11.6 Å². The molecule has 1 saturated heterocycles. The fraction of sp³-hybridized carbons (Fsp3) is 0.400. The van der Waals surface area contributed by atoms with Gasteiger partial charge in [0, 0.05) is 5.69 Å². The number of halogens is 3. The number of carbonyl (C=O) groups is 1. The van der Waals surface area contributed by atoms with Crippen LogP contribution in [0.2, 0.25) is 0 Å². The molecule has 1 aliphatic heterocycles. The van der Waals surface area contributed by atoms with Crippen molar-refractivity contribution >= 4 is 29.4 Å². The zero-order chi connectivity index (χ0) is 23.7. The van der Waals surface area contributed by atoms with E-state index in [9.17, 15) is 18.0 Å². The summed E-state index contributed by atoms with van der Waals surface area (Å²) in [5.41, 5.74) is -0.154. The molecule has 8 heteroatoms. The van der Waals surface area contributed by atoms with Crippen LogP contribution in [-0.4, -0.2) is 18.0 Å². The van der Waals surface area contributed by atoms with Crippen molar-refractivity contribution in [3.05, 3.63) is 64.6 Å². The monoisotopic (exact) mass is 478 g/mol. The predicted octanol–water partition coefficient (Wildman–Crippen LogP) is 7.04. The maximum Gasteiger partial charge on any atom is 0.416 e. The van der Waals surface area contributed by atoms with E-state index in [0.29, 0.717) is 11.5 Å². The molecule has 0 spiro atoms. The highest BCUT2D eigenvalue weighted by Crippen LogP contribution is 2.33. The second-order valence-electron chi connectivity index (χ2n) is 7.89. The van der Waals surface area contributed by atoms with Crippen molar-refractivity contribution in [1.82, 2.24) is 5.32 Å². The molecule has 0 aromatic heterocycles. The van der Waals surface area contributed by atoms with Crippen LogP contribution in [0.15, 0.2) is 53.4 Å². The Morgan fingerprint density at radius 3 is 2.52 bits per heavy atom. The van der Waals surface area contributed by atoms with Crippen LogP contribution in [0.5, 0.6) is 5.75 Å². The van der Waals surface area contributed by atoms with E-state index in [1.54, 1.807) is 6.08 Å². The van der Waals surface area contributed by atoms with Crippen LogP contribution >= 0.6 is 11.8 Å². The summed E-state index contributed by atoms with van der Waals surface area (Å²) in [4.78, 5) is 12.8. The lowest BCUT2D eigenvalue weighted by Gasteiger charge is -2.14. The summed E-state index contributed by atoms with van der Waals surface area (Å²) in [6, 6.07) is 12.4. The van der Waals surface area contributed by atoms with E-state index in [1.165, 1.54) is 56.0 Å². The number of alkyl halides is 3. The molecule has 4 nitrogen and oxygen atoms in total. The van der Waals surface area contributed by atoms with Crippen molar-refractivity contribution in [2.75, 3.05) is 11.9 Å². The van der Waals surface area contributed by atoms with Crippen LogP contribution in [0.3, 0.4) is 0 Å². The fourth-order valence-corrected chi connectivity index (χ4v) is 4.37. The number of unbranched alkanes of at least 4 members (excludes halogenated alkanes) is 5. The molecular formula is C25H29F3N2O2S. The van der Waals surface area contributed by atoms with Crippen molar-refractivity contribution in [1.29, 1.82) is 0 Å². The van der Waals surface area contributed by atoms with Crippen LogP contribution in [0, 0.1) is 0 Å². The number of nitrogens with one attached hydrogen (secondary N) is 2. The van der Waals surface area contributed by atoms with E-state index < -0.39 is 17.2 Å². The van der Waals surface area contributed by atoms with E-state index in [4.69, 9.17) is 4.74 Å². The third kappa shape index (κ3) is 8.03. The molecule has 2 aromatic carbocycles. The van der Waals surface area contributed by atoms with Gasteiger partial charge in [0.1, 0.15) is 5.75 Å². The molecule has 2 aromatic rings. The van der Waals surface area contributed by atoms with E-state index >= 15 is 0 Å². The molecule has 1 amide bonds. The van der Waals surface area contributed by atoms with Crippen LogP contribution < -0.4 is 15.4 Å². The highest BCUT2D eigenvalue weighted by Gasteiger charge is 2.31. The first-order chi connectivity index (χ1) is 15.8. The summed E-state index contributed by atoms with van der Waals surface area (Å²) in [5.74, 6) is 0.520. The van der Waals surface area contributed by atoms with Gasteiger partial charge < -0.3 is 15.4 Å². The minimum Gasteiger partial charge on any atom is -0.494 e. The maximum absolute atomic E-state index is 12.9. The summed E-state index contributed by atoms with van der Waals surface area (Å²) in [6.07, 6.45) is 4.60. The van der Waals surface area contributed by atoms with Crippen LogP contribution in [0.4, 0.5) is 18.9 Å². The first-order valence-corrected chi connectivity index (χ1v) is 12.1. The van der Waals surface area contributed by atoms with Gasteiger partial charge >= 0.3 is 6.18 Å². The first kappa shape index (κ1) is 25.0. The highest BCUT2D eigenvalue weighted by atomic mass is 32.2. The summed E-state index contributed by atoms with van der Waals surface area (Å²) in [6.45, 7) is 2.89. The van der Waals surface area contributed by atoms with Gasteiger partial charge in [0.2, 0.25) is 0 Å². The molecule has 1 aliphatic rings. The van der Waals surface area contributed by atoms with Gasteiger partial charge in [0.15, 0.2) is 5.50 Å². The van der Waals surface area contributed by atoms with Gasteiger partial charge in [-0.1, -0.05) is 69.0 Å². The quantitative estimate of drug-likeness (QED) is 0.269. The summed E-state index contributed by atoms with van der Waals surface area (Å²) < 4.78 is 44.5. The molecule has 0 aliphatic carbocycles. The molecule has 178 valence electrons. The van der Waals surface area contributed by atoms with Crippen molar-refractivity contribution in [3.63, 3.8) is 0 Å². The summed E-state index contributed by atoms with van der Waals surface area (Å²) in [7, 11) is 0. The van der Waals surface area contributed by atoms with Crippen molar-refractivity contribution in [2.24, 2.45) is 0 Å². The minimum atomic E-state index is -4.42. The molecule has 1 atom stereocenters. The van der Waals surface area contributed by atoms with Gasteiger partial charge in [0.25, 0.3) is 5.91 Å². The average Bonchev–Trinajstić information content (AvgIpc) is 3.12. The van der Waals surface area contributed by atoms with Crippen LogP contribution in [0.1, 0.15) is 56.6 Å². The molecular weight excluding hydrogens is 449 g/mol. The number of ether oxygens (including phenoxy) is 1. The zero-order valence-corrected chi connectivity index (χ0v) is 19.4. The number of hydrogen-bond acceptors (Lipinski definition) is 4. The number of carbonyl (C=O) groups excluding carboxylic acids is 1. The Morgan fingerprint density at radius 1 is 1.06 bits per heavy atom. The van der Waals surface area contributed by atoms with Crippen LogP contribution in [0.25, 0.3) is 6.08 Å². The van der Waals surface area contributed by atoms with E-state index in [1.807, 2.05) is 24.3 Å². The Bertz CT molecular complexity index is 945. The van der Waals surface area contributed by atoms with Gasteiger partial charge in [-0.2, -0.15) is 13.2 Å². The lowest BCUT2D eigenvalue weighted by Crippen LogP contribution is -2.31. The fourth-order valence-electron chi connectivity index (χ4n) is 3.39. The van der Waals surface area contributed by atoms with E-state index in [2.05, 4.69) is 17.6 Å². The molecule has 1 heterocycles.